The summed E-state index contributed by atoms with van der Waals surface area (Å²) in [5, 5.41) is 3.08. The number of aromatic nitrogens is 3. The van der Waals surface area contributed by atoms with Crippen molar-refractivity contribution >= 4 is 27.3 Å². The van der Waals surface area contributed by atoms with E-state index in [9.17, 15) is 8.42 Å². The number of ether oxygens (including phenoxy) is 1. The standard InChI is InChI=1S/C18H19N5O3S/c1-23(27(3,24)25)15-6-4-5-13(11-15)16-9-10-19-18(22-16)21-14-7-8-17(26-2)20-12-14/h4-12H,1-3H3,(H,19,21,22). The van der Waals surface area contributed by atoms with Crippen molar-refractivity contribution in [2.45, 2.75) is 0 Å². The lowest BCUT2D eigenvalue weighted by Crippen LogP contribution is -2.24. The molecule has 3 aromatic rings. The Kier molecular flexibility index (Phi) is 5.22. The fraction of sp³-hybridized carbons (Fsp3) is 0.167. The normalized spacial score (nSPS) is 11.1. The highest BCUT2D eigenvalue weighted by atomic mass is 32.2. The smallest absolute Gasteiger partial charge is 0.231 e. The van der Waals surface area contributed by atoms with Gasteiger partial charge in [0.05, 0.1) is 36.6 Å². The molecule has 0 bridgehead atoms. The van der Waals surface area contributed by atoms with Gasteiger partial charge in [0.1, 0.15) is 0 Å². The van der Waals surface area contributed by atoms with E-state index in [2.05, 4.69) is 20.3 Å². The van der Waals surface area contributed by atoms with Gasteiger partial charge in [-0.2, -0.15) is 0 Å². The highest BCUT2D eigenvalue weighted by Gasteiger charge is 2.13. The first-order valence-corrected chi connectivity index (χ1v) is 9.86. The molecule has 0 aliphatic heterocycles. The number of benzene rings is 1. The molecule has 27 heavy (non-hydrogen) atoms. The minimum atomic E-state index is -3.34. The van der Waals surface area contributed by atoms with Gasteiger partial charge in [0.15, 0.2) is 0 Å². The summed E-state index contributed by atoms with van der Waals surface area (Å²) >= 11 is 0. The molecule has 0 saturated carbocycles. The molecule has 0 saturated heterocycles. The Labute approximate surface area is 157 Å². The fourth-order valence-corrected chi connectivity index (χ4v) is 2.83. The largest absolute Gasteiger partial charge is 0.481 e. The molecule has 9 heteroatoms. The molecule has 0 unspecified atom stereocenters. The van der Waals surface area contributed by atoms with Crippen LogP contribution in [-0.4, -0.2) is 43.8 Å². The van der Waals surface area contributed by atoms with Gasteiger partial charge < -0.3 is 10.1 Å². The molecule has 140 valence electrons. The summed E-state index contributed by atoms with van der Waals surface area (Å²) in [6.45, 7) is 0. The summed E-state index contributed by atoms with van der Waals surface area (Å²) in [7, 11) is -0.274. The third kappa shape index (κ3) is 4.50. The number of nitrogens with one attached hydrogen (secondary N) is 1. The Balaban J connectivity index is 1.87. The molecule has 3 rings (SSSR count). The zero-order chi connectivity index (χ0) is 19.4. The van der Waals surface area contributed by atoms with Crippen LogP contribution in [-0.2, 0) is 10.0 Å². The van der Waals surface area contributed by atoms with E-state index in [1.54, 1.807) is 49.8 Å². The number of rotatable bonds is 6. The maximum absolute atomic E-state index is 11.8. The molecular formula is C18H19N5O3S. The molecule has 0 spiro atoms. The SMILES string of the molecule is COc1ccc(Nc2nccc(-c3cccc(N(C)S(C)(=O)=O)c3)n2)cn1. The van der Waals surface area contributed by atoms with Crippen molar-refractivity contribution in [1.82, 2.24) is 15.0 Å². The van der Waals surface area contributed by atoms with Crippen molar-refractivity contribution in [2.24, 2.45) is 0 Å². The van der Waals surface area contributed by atoms with Crippen LogP contribution in [0.5, 0.6) is 5.88 Å². The average molecular weight is 385 g/mol. The lowest BCUT2D eigenvalue weighted by Gasteiger charge is -2.17. The van der Waals surface area contributed by atoms with Crippen LogP contribution in [0.25, 0.3) is 11.3 Å². The first-order chi connectivity index (χ1) is 12.9. The van der Waals surface area contributed by atoms with Gasteiger partial charge in [-0.15, -0.1) is 0 Å². The Bertz CT molecular complexity index is 1040. The lowest BCUT2D eigenvalue weighted by molar-refractivity contribution is 0.398. The predicted molar refractivity (Wildman–Crippen MR) is 105 cm³/mol. The van der Waals surface area contributed by atoms with Crippen LogP contribution < -0.4 is 14.4 Å². The summed E-state index contributed by atoms with van der Waals surface area (Å²) in [4.78, 5) is 12.8. The van der Waals surface area contributed by atoms with Gasteiger partial charge in [-0.05, 0) is 24.3 Å². The number of sulfonamides is 1. The molecule has 1 N–H and O–H groups in total. The van der Waals surface area contributed by atoms with E-state index in [0.29, 0.717) is 23.2 Å². The number of anilines is 3. The zero-order valence-electron chi connectivity index (χ0n) is 15.1. The van der Waals surface area contributed by atoms with E-state index in [1.807, 2.05) is 12.1 Å². The van der Waals surface area contributed by atoms with Crippen molar-refractivity contribution in [3.05, 3.63) is 54.9 Å². The minimum absolute atomic E-state index is 0.404. The van der Waals surface area contributed by atoms with Crippen molar-refractivity contribution in [3.63, 3.8) is 0 Å². The van der Waals surface area contributed by atoms with Crippen molar-refractivity contribution in [2.75, 3.05) is 30.0 Å². The van der Waals surface area contributed by atoms with E-state index in [-0.39, 0.29) is 0 Å². The Morgan fingerprint density at radius 2 is 1.93 bits per heavy atom. The van der Waals surface area contributed by atoms with Gasteiger partial charge in [-0.1, -0.05) is 12.1 Å². The third-order valence-corrected chi connectivity index (χ3v) is 5.07. The first-order valence-electron chi connectivity index (χ1n) is 8.01. The summed E-state index contributed by atoms with van der Waals surface area (Å²) < 4.78 is 29.8. The summed E-state index contributed by atoms with van der Waals surface area (Å²) in [5.41, 5.74) is 2.72. The topological polar surface area (TPSA) is 97.3 Å². The third-order valence-electron chi connectivity index (χ3n) is 3.86. The highest BCUT2D eigenvalue weighted by molar-refractivity contribution is 7.92. The molecule has 8 nitrogen and oxygen atoms in total. The Hall–Kier alpha value is -3.20. The Morgan fingerprint density at radius 3 is 2.59 bits per heavy atom. The van der Waals surface area contributed by atoms with E-state index in [0.717, 1.165) is 17.5 Å². The monoisotopic (exact) mass is 385 g/mol. The molecular weight excluding hydrogens is 366 g/mol. The average Bonchev–Trinajstić information content (AvgIpc) is 2.67. The first kappa shape index (κ1) is 18.6. The van der Waals surface area contributed by atoms with Crippen LogP contribution in [0.2, 0.25) is 0 Å². The van der Waals surface area contributed by atoms with E-state index in [1.165, 1.54) is 11.4 Å². The summed E-state index contributed by atoms with van der Waals surface area (Å²) in [6, 6.07) is 12.4. The van der Waals surface area contributed by atoms with E-state index < -0.39 is 10.0 Å². The van der Waals surface area contributed by atoms with Gasteiger partial charge >= 0.3 is 0 Å². The molecule has 2 heterocycles. The van der Waals surface area contributed by atoms with E-state index >= 15 is 0 Å². The van der Waals surface area contributed by atoms with Crippen LogP contribution in [0, 0.1) is 0 Å². The molecule has 0 radical (unpaired) electrons. The zero-order valence-corrected chi connectivity index (χ0v) is 15.9. The molecule has 0 atom stereocenters. The highest BCUT2D eigenvalue weighted by Crippen LogP contribution is 2.25. The van der Waals surface area contributed by atoms with Gasteiger partial charge in [0.2, 0.25) is 21.9 Å². The summed E-state index contributed by atoms with van der Waals surface area (Å²) in [5.74, 6) is 0.920. The van der Waals surface area contributed by atoms with Crippen LogP contribution >= 0.6 is 0 Å². The van der Waals surface area contributed by atoms with Crippen LogP contribution in [0.4, 0.5) is 17.3 Å². The number of hydrogen-bond donors (Lipinski definition) is 1. The molecule has 0 aliphatic carbocycles. The Morgan fingerprint density at radius 1 is 1.11 bits per heavy atom. The summed E-state index contributed by atoms with van der Waals surface area (Å²) in [6.07, 6.45) is 4.42. The quantitative estimate of drug-likeness (QED) is 0.697. The maximum atomic E-state index is 11.8. The number of hydrogen-bond acceptors (Lipinski definition) is 7. The van der Waals surface area contributed by atoms with Gasteiger partial charge in [0, 0.05) is 24.9 Å². The number of pyridine rings is 1. The number of nitrogens with zero attached hydrogens (tertiary/aromatic N) is 4. The van der Waals surface area contributed by atoms with Gasteiger partial charge in [-0.3, -0.25) is 4.31 Å². The lowest BCUT2D eigenvalue weighted by atomic mass is 10.1. The van der Waals surface area contributed by atoms with Crippen LogP contribution in [0.1, 0.15) is 0 Å². The maximum Gasteiger partial charge on any atom is 0.231 e. The van der Waals surface area contributed by atoms with Crippen molar-refractivity contribution in [3.8, 4) is 17.1 Å². The van der Waals surface area contributed by atoms with Crippen LogP contribution in [0.15, 0.2) is 54.9 Å². The van der Waals surface area contributed by atoms with Gasteiger partial charge in [-0.25, -0.2) is 23.4 Å². The predicted octanol–water partition coefficient (Wildman–Crippen LogP) is 2.69. The molecule has 0 fully saturated rings. The number of methoxy groups -OCH3 is 1. The van der Waals surface area contributed by atoms with E-state index in [4.69, 9.17) is 4.74 Å². The van der Waals surface area contributed by atoms with Crippen LogP contribution in [0.3, 0.4) is 0 Å². The minimum Gasteiger partial charge on any atom is -0.481 e. The second kappa shape index (κ2) is 7.58. The van der Waals surface area contributed by atoms with Gasteiger partial charge in [0.25, 0.3) is 0 Å². The fourth-order valence-electron chi connectivity index (χ4n) is 2.34. The molecule has 0 amide bonds. The second-order valence-corrected chi connectivity index (χ2v) is 7.77. The second-order valence-electron chi connectivity index (χ2n) is 5.76. The van der Waals surface area contributed by atoms with Crippen molar-refractivity contribution < 1.29 is 13.2 Å². The molecule has 0 aliphatic rings. The molecule has 2 aromatic heterocycles. The molecule has 1 aromatic carbocycles. The van der Waals surface area contributed by atoms with Crippen molar-refractivity contribution in [1.29, 1.82) is 0 Å².